The van der Waals surface area contributed by atoms with E-state index < -0.39 is 0 Å². The number of aryl methyl sites for hydroxylation is 1. The molecule has 0 fully saturated rings. The number of anilines is 1. The standard InChI is InChI=1S/C27H28N4O3/c1-19(2)26(33)30(16-23-10-7-15-34-23)18-25(32)29-27-28-24(21-8-5-4-6-9-21)17-31(27)22-13-11-20(3)12-14-22/h4-15,17,19H,16,18H2,1-3H3,(H,28,29,32). The zero-order chi connectivity index (χ0) is 24.1. The van der Waals surface area contributed by atoms with Gasteiger partial charge >= 0.3 is 0 Å². The highest BCUT2D eigenvalue weighted by atomic mass is 16.3. The van der Waals surface area contributed by atoms with E-state index in [2.05, 4.69) is 5.32 Å². The average Bonchev–Trinajstić information content (AvgIpc) is 3.49. The van der Waals surface area contributed by atoms with Crippen LogP contribution >= 0.6 is 0 Å². The van der Waals surface area contributed by atoms with Crippen molar-refractivity contribution in [3.63, 3.8) is 0 Å². The number of amides is 2. The van der Waals surface area contributed by atoms with Crippen molar-refractivity contribution in [2.75, 3.05) is 11.9 Å². The minimum atomic E-state index is -0.334. The van der Waals surface area contributed by atoms with Crippen LogP contribution in [-0.4, -0.2) is 32.8 Å². The minimum absolute atomic E-state index is 0.112. The fourth-order valence-corrected chi connectivity index (χ4v) is 3.62. The maximum Gasteiger partial charge on any atom is 0.246 e. The van der Waals surface area contributed by atoms with Gasteiger partial charge < -0.3 is 9.32 Å². The fourth-order valence-electron chi connectivity index (χ4n) is 3.62. The van der Waals surface area contributed by atoms with Crippen LogP contribution in [0, 0.1) is 12.8 Å². The number of nitrogens with zero attached hydrogens (tertiary/aromatic N) is 3. The van der Waals surface area contributed by atoms with E-state index in [1.165, 1.54) is 4.90 Å². The SMILES string of the molecule is Cc1ccc(-n2cc(-c3ccccc3)nc2NC(=O)CN(Cc2ccco2)C(=O)C(C)C)cc1. The van der Waals surface area contributed by atoms with Crippen molar-refractivity contribution in [3.05, 3.63) is 90.5 Å². The van der Waals surface area contributed by atoms with E-state index in [1.807, 2.05) is 86.1 Å². The topological polar surface area (TPSA) is 80.4 Å². The summed E-state index contributed by atoms with van der Waals surface area (Å²) in [6.07, 6.45) is 3.45. The molecule has 1 N–H and O–H groups in total. The van der Waals surface area contributed by atoms with Gasteiger partial charge in [-0.1, -0.05) is 61.9 Å². The normalized spacial score (nSPS) is 10.9. The monoisotopic (exact) mass is 456 g/mol. The minimum Gasteiger partial charge on any atom is -0.467 e. The van der Waals surface area contributed by atoms with Gasteiger partial charge in [-0.25, -0.2) is 4.98 Å². The summed E-state index contributed by atoms with van der Waals surface area (Å²) in [5.74, 6) is 0.302. The van der Waals surface area contributed by atoms with Crippen LogP contribution in [0.1, 0.15) is 25.2 Å². The second kappa shape index (κ2) is 10.2. The van der Waals surface area contributed by atoms with Gasteiger partial charge in [0.05, 0.1) is 18.5 Å². The molecule has 0 aliphatic heterocycles. The largest absolute Gasteiger partial charge is 0.467 e. The Morgan fingerprint density at radius 2 is 1.76 bits per heavy atom. The molecule has 0 unspecified atom stereocenters. The molecule has 0 bridgehead atoms. The van der Waals surface area contributed by atoms with Crippen LogP contribution in [0.4, 0.5) is 5.95 Å². The molecule has 0 atom stereocenters. The summed E-state index contributed by atoms with van der Waals surface area (Å²) >= 11 is 0. The molecule has 0 saturated carbocycles. The van der Waals surface area contributed by atoms with Gasteiger partial charge in [0, 0.05) is 23.4 Å². The Morgan fingerprint density at radius 3 is 2.41 bits per heavy atom. The number of aromatic nitrogens is 2. The van der Waals surface area contributed by atoms with Crippen molar-refractivity contribution in [1.29, 1.82) is 0 Å². The highest BCUT2D eigenvalue weighted by molar-refractivity contribution is 5.94. The smallest absolute Gasteiger partial charge is 0.246 e. The number of imidazole rings is 1. The lowest BCUT2D eigenvalue weighted by Crippen LogP contribution is -2.39. The van der Waals surface area contributed by atoms with Gasteiger partial charge in [-0.15, -0.1) is 0 Å². The third-order valence-electron chi connectivity index (χ3n) is 5.41. The highest BCUT2D eigenvalue weighted by Crippen LogP contribution is 2.24. The van der Waals surface area contributed by atoms with Crippen molar-refractivity contribution < 1.29 is 14.0 Å². The average molecular weight is 457 g/mol. The molecular weight excluding hydrogens is 428 g/mol. The van der Waals surface area contributed by atoms with Crippen LogP contribution < -0.4 is 5.32 Å². The number of rotatable bonds is 8. The Hall–Kier alpha value is -4.13. The van der Waals surface area contributed by atoms with Crippen LogP contribution in [0.15, 0.2) is 83.6 Å². The maximum atomic E-state index is 13.1. The van der Waals surface area contributed by atoms with Gasteiger partial charge in [0.15, 0.2) is 0 Å². The van der Waals surface area contributed by atoms with Gasteiger partial charge in [0.2, 0.25) is 17.8 Å². The second-order valence-corrected chi connectivity index (χ2v) is 8.50. The quantitative estimate of drug-likeness (QED) is 0.402. The lowest BCUT2D eigenvalue weighted by Gasteiger charge is -2.23. The Kier molecular flexibility index (Phi) is 6.92. The fraction of sp³-hybridized carbons (Fsp3) is 0.222. The summed E-state index contributed by atoms with van der Waals surface area (Å²) in [4.78, 5) is 32.0. The van der Waals surface area contributed by atoms with E-state index in [0.29, 0.717) is 11.7 Å². The zero-order valence-corrected chi connectivity index (χ0v) is 19.6. The molecule has 0 spiro atoms. The number of carbonyl (C=O) groups excluding carboxylic acids is 2. The molecule has 4 aromatic rings. The molecule has 0 radical (unpaired) electrons. The molecule has 0 aliphatic rings. The van der Waals surface area contributed by atoms with E-state index in [1.54, 1.807) is 18.4 Å². The van der Waals surface area contributed by atoms with E-state index >= 15 is 0 Å². The second-order valence-electron chi connectivity index (χ2n) is 8.50. The molecule has 174 valence electrons. The third-order valence-corrected chi connectivity index (χ3v) is 5.41. The van der Waals surface area contributed by atoms with Crippen molar-refractivity contribution in [1.82, 2.24) is 14.5 Å². The number of benzene rings is 2. The first kappa shape index (κ1) is 23.0. The van der Waals surface area contributed by atoms with Crippen LogP contribution in [0.5, 0.6) is 0 Å². The Balaban J connectivity index is 1.60. The number of hydrogen-bond donors (Lipinski definition) is 1. The first-order valence-electron chi connectivity index (χ1n) is 11.2. The Labute approximate surface area is 199 Å². The number of furan rings is 1. The summed E-state index contributed by atoms with van der Waals surface area (Å²) < 4.78 is 7.24. The number of nitrogens with one attached hydrogen (secondary N) is 1. The van der Waals surface area contributed by atoms with Crippen molar-refractivity contribution in [2.24, 2.45) is 5.92 Å². The molecule has 7 nitrogen and oxygen atoms in total. The third kappa shape index (κ3) is 5.43. The zero-order valence-electron chi connectivity index (χ0n) is 19.6. The summed E-state index contributed by atoms with van der Waals surface area (Å²) in [5, 5.41) is 2.91. The summed E-state index contributed by atoms with van der Waals surface area (Å²) in [5.41, 5.74) is 3.69. The molecule has 4 rings (SSSR count). The molecule has 7 heteroatoms. The van der Waals surface area contributed by atoms with Crippen LogP contribution in [0.3, 0.4) is 0 Å². The highest BCUT2D eigenvalue weighted by Gasteiger charge is 2.22. The van der Waals surface area contributed by atoms with Crippen molar-refractivity contribution in [3.8, 4) is 16.9 Å². The molecule has 2 amide bonds. The predicted molar refractivity (Wildman–Crippen MR) is 131 cm³/mol. The predicted octanol–water partition coefficient (Wildman–Crippen LogP) is 5.06. The molecule has 34 heavy (non-hydrogen) atoms. The number of hydrogen-bond acceptors (Lipinski definition) is 4. The molecule has 0 saturated heterocycles. The first-order valence-corrected chi connectivity index (χ1v) is 11.2. The molecule has 2 aromatic heterocycles. The van der Waals surface area contributed by atoms with Gasteiger partial charge in [-0.2, -0.15) is 0 Å². The summed E-state index contributed by atoms with van der Waals surface area (Å²) in [6, 6.07) is 21.3. The van der Waals surface area contributed by atoms with Crippen LogP contribution in [-0.2, 0) is 16.1 Å². The lowest BCUT2D eigenvalue weighted by molar-refractivity contribution is -0.138. The van der Waals surface area contributed by atoms with Crippen LogP contribution in [0.25, 0.3) is 16.9 Å². The van der Waals surface area contributed by atoms with Gasteiger partial charge in [-0.05, 0) is 31.2 Å². The van der Waals surface area contributed by atoms with Crippen molar-refractivity contribution >= 4 is 17.8 Å². The Bertz CT molecular complexity index is 1240. The van der Waals surface area contributed by atoms with Gasteiger partial charge in [0.25, 0.3) is 0 Å². The molecule has 2 aromatic carbocycles. The summed E-state index contributed by atoms with van der Waals surface area (Å²) in [6.45, 7) is 5.75. The Morgan fingerprint density at radius 1 is 1.03 bits per heavy atom. The van der Waals surface area contributed by atoms with Crippen molar-refractivity contribution in [2.45, 2.75) is 27.3 Å². The van der Waals surface area contributed by atoms with E-state index in [4.69, 9.17) is 9.40 Å². The molecular formula is C27H28N4O3. The van der Waals surface area contributed by atoms with E-state index in [-0.39, 0.29) is 30.8 Å². The van der Waals surface area contributed by atoms with Crippen LogP contribution in [0.2, 0.25) is 0 Å². The lowest BCUT2D eigenvalue weighted by atomic mass is 10.2. The summed E-state index contributed by atoms with van der Waals surface area (Å²) in [7, 11) is 0. The van der Waals surface area contributed by atoms with Gasteiger partial charge in [0.1, 0.15) is 12.3 Å². The molecule has 2 heterocycles. The number of carbonyl (C=O) groups is 2. The maximum absolute atomic E-state index is 13.1. The van der Waals surface area contributed by atoms with Gasteiger partial charge in [-0.3, -0.25) is 19.5 Å². The van der Waals surface area contributed by atoms with E-state index in [0.717, 1.165) is 22.5 Å². The first-order chi connectivity index (χ1) is 16.4. The molecule has 0 aliphatic carbocycles. The van der Waals surface area contributed by atoms with E-state index in [9.17, 15) is 9.59 Å².